The topological polar surface area (TPSA) is 45.5 Å². The Labute approximate surface area is 85.0 Å². The van der Waals surface area contributed by atoms with Crippen LogP contribution in [0, 0.1) is 5.41 Å². The van der Waals surface area contributed by atoms with Crippen LogP contribution in [-0.4, -0.2) is 50.6 Å². The van der Waals surface area contributed by atoms with Crippen molar-refractivity contribution < 1.29 is 9.47 Å². The summed E-state index contributed by atoms with van der Waals surface area (Å²) in [5, 5.41) is 7.03. The summed E-state index contributed by atoms with van der Waals surface area (Å²) in [6.45, 7) is 7.04. The number of nitrogens with one attached hydrogen (secondary N) is 1. The van der Waals surface area contributed by atoms with Gasteiger partial charge in [-0.25, -0.2) is 0 Å². The summed E-state index contributed by atoms with van der Waals surface area (Å²) >= 11 is 0. The fourth-order valence-electron chi connectivity index (χ4n) is 1.33. The van der Waals surface area contributed by atoms with E-state index in [0.29, 0.717) is 12.4 Å². The van der Waals surface area contributed by atoms with E-state index in [4.69, 9.17) is 14.9 Å². The molecule has 0 aromatic carbocycles. The molecule has 80 valence electrons. The molecule has 1 rings (SSSR count). The summed E-state index contributed by atoms with van der Waals surface area (Å²) in [7, 11) is 0. The minimum absolute atomic E-state index is 0.637. The van der Waals surface area contributed by atoms with Gasteiger partial charge in [0, 0.05) is 19.6 Å². The molecule has 0 atom stereocenters. The molecule has 1 heterocycles. The van der Waals surface area contributed by atoms with Gasteiger partial charge in [0.2, 0.25) is 0 Å². The summed E-state index contributed by atoms with van der Waals surface area (Å²) in [5.74, 6) is 0.637. The monoisotopic (exact) mass is 198 g/mol. The van der Waals surface area contributed by atoms with Crippen molar-refractivity contribution in [2.45, 2.75) is 6.92 Å². The molecule has 1 N–H and O–H groups in total. The minimum atomic E-state index is 0.637. The number of hydrogen-bond acceptors (Lipinski definition) is 4. The average molecular weight is 198 g/mol. The number of nitrogens with zero attached hydrogens (tertiary/aromatic N) is 1. The zero-order valence-corrected chi connectivity index (χ0v) is 8.66. The van der Waals surface area contributed by atoms with Crippen LogP contribution >= 0.6 is 0 Å². The van der Waals surface area contributed by atoms with Crippen molar-refractivity contribution in [3.05, 3.63) is 11.8 Å². The van der Waals surface area contributed by atoms with Gasteiger partial charge >= 0.3 is 0 Å². The van der Waals surface area contributed by atoms with Crippen molar-refractivity contribution in [3.8, 4) is 0 Å². The standard InChI is InChI=1S/C10H18N2O2/c1-2-10(9-11)14-8-5-12-3-6-13-7-4-12/h2,9,11H,3-8H2,1H3/b10-2+,11-9?. The first kappa shape index (κ1) is 11.2. The summed E-state index contributed by atoms with van der Waals surface area (Å²) in [5.41, 5.74) is 0. The average Bonchev–Trinajstić information content (AvgIpc) is 2.26. The van der Waals surface area contributed by atoms with Crippen LogP contribution < -0.4 is 0 Å². The van der Waals surface area contributed by atoms with E-state index >= 15 is 0 Å². The molecular weight excluding hydrogens is 180 g/mol. The lowest BCUT2D eigenvalue weighted by molar-refractivity contribution is 0.0285. The molecule has 0 spiro atoms. The van der Waals surface area contributed by atoms with Crippen LogP contribution in [0.2, 0.25) is 0 Å². The van der Waals surface area contributed by atoms with Crippen LogP contribution in [0.25, 0.3) is 0 Å². The number of morpholine rings is 1. The van der Waals surface area contributed by atoms with E-state index in [9.17, 15) is 0 Å². The van der Waals surface area contributed by atoms with Gasteiger partial charge in [-0.15, -0.1) is 0 Å². The summed E-state index contributed by atoms with van der Waals surface area (Å²) in [6, 6.07) is 0. The van der Waals surface area contributed by atoms with Crippen molar-refractivity contribution in [3.63, 3.8) is 0 Å². The van der Waals surface area contributed by atoms with Gasteiger partial charge in [-0.3, -0.25) is 4.90 Å². The molecule has 0 aliphatic carbocycles. The van der Waals surface area contributed by atoms with Crippen molar-refractivity contribution in [1.82, 2.24) is 4.90 Å². The zero-order chi connectivity index (χ0) is 10.2. The number of allylic oxidation sites excluding steroid dienone is 2. The van der Waals surface area contributed by atoms with Gasteiger partial charge in [0.1, 0.15) is 12.4 Å². The minimum Gasteiger partial charge on any atom is -0.491 e. The van der Waals surface area contributed by atoms with Gasteiger partial charge in [0.15, 0.2) is 0 Å². The molecule has 0 bridgehead atoms. The molecule has 0 aromatic heterocycles. The van der Waals surface area contributed by atoms with E-state index in [2.05, 4.69) is 4.90 Å². The molecule has 0 amide bonds. The number of rotatable bonds is 5. The van der Waals surface area contributed by atoms with E-state index in [1.807, 2.05) is 6.92 Å². The summed E-state index contributed by atoms with van der Waals surface area (Å²) in [6.07, 6.45) is 3.03. The summed E-state index contributed by atoms with van der Waals surface area (Å²) in [4.78, 5) is 2.31. The zero-order valence-electron chi connectivity index (χ0n) is 8.66. The molecule has 0 radical (unpaired) electrons. The second-order valence-electron chi connectivity index (χ2n) is 3.14. The molecule has 1 aliphatic heterocycles. The first-order chi connectivity index (χ1) is 6.86. The first-order valence-electron chi connectivity index (χ1n) is 4.96. The Morgan fingerprint density at radius 1 is 1.50 bits per heavy atom. The Morgan fingerprint density at radius 3 is 2.79 bits per heavy atom. The van der Waals surface area contributed by atoms with Gasteiger partial charge in [-0.05, 0) is 13.0 Å². The van der Waals surface area contributed by atoms with E-state index in [1.165, 1.54) is 6.21 Å². The van der Waals surface area contributed by atoms with Gasteiger partial charge in [0.05, 0.1) is 19.4 Å². The normalized spacial score (nSPS) is 19.4. The van der Waals surface area contributed by atoms with Crippen LogP contribution in [0.3, 0.4) is 0 Å². The van der Waals surface area contributed by atoms with Gasteiger partial charge in [-0.2, -0.15) is 0 Å². The maximum atomic E-state index is 7.03. The van der Waals surface area contributed by atoms with Crippen LogP contribution in [0.4, 0.5) is 0 Å². The van der Waals surface area contributed by atoms with Gasteiger partial charge in [0.25, 0.3) is 0 Å². The Hall–Kier alpha value is -0.870. The lowest BCUT2D eigenvalue weighted by Crippen LogP contribution is -2.38. The third-order valence-electron chi connectivity index (χ3n) is 2.21. The van der Waals surface area contributed by atoms with Crippen LogP contribution in [-0.2, 0) is 9.47 Å². The van der Waals surface area contributed by atoms with Crippen molar-refractivity contribution in [1.29, 1.82) is 5.41 Å². The Morgan fingerprint density at radius 2 is 2.21 bits per heavy atom. The van der Waals surface area contributed by atoms with E-state index < -0.39 is 0 Å². The molecule has 4 nitrogen and oxygen atoms in total. The number of hydrogen-bond donors (Lipinski definition) is 1. The highest BCUT2D eigenvalue weighted by molar-refractivity contribution is 5.72. The predicted molar refractivity (Wildman–Crippen MR) is 55.8 cm³/mol. The summed E-state index contributed by atoms with van der Waals surface area (Å²) < 4.78 is 10.6. The molecule has 1 saturated heterocycles. The fourth-order valence-corrected chi connectivity index (χ4v) is 1.33. The SMILES string of the molecule is C/C=C(\C=N)OCCN1CCOCC1. The van der Waals surface area contributed by atoms with E-state index in [1.54, 1.807) is 6.08 Å². The molecule has 0 saturated carbocycles. The Kier molecular flexibility index (Phi) is 5.25. The molecule has 1 aliphatic rings. The smallest absolute Gasteiger partial charge is 0.132 e. The van der Waals surface area contributed by atoms with Gasteiger partial charge < -0.3 is 14.9 Å². The van der Waals surface area contributed by atoms with Crippen molar-refractivity contribution in [2.24, 2.45) is 0 Å². The van der Waals surface area contributed by atoms with E-state index in [-0.39, 0.29) is 0 Å². The van der Waals surface area contributed by atoms with E-state index in [0.717, 1.165) is 32.8 Å². The van der Waals surface area contributed by atoms with Crippen LogP contribution in [0.5, 0.6) is 0 Å². The van der Waals surface area contributed by atoms with Gasteiger partial charge in [-0.1, -0.05) is 0 Å². The predicted octanol–water partition coefficient (Wildman–Crippen LogP) is 0.889. The highest BCUT2D eigenvalue weighted by Crippen LogP contribution is 1.98. The van der Waals surface area contributed by atoms with Crippen molar-refractivity contribution in [2.75, 3.05) is 39.5 Å². The first-order valence-corrected chi connectivity index (χ1v) is 4.96. The molecule has 1 fully saturated rings. The second kappa shape index (κ2) is 6.56. The number of ether oxygens (including phenoxy) is 2. The van der Waals surface area contributed by atoms with Crippen LogP contribution in [0.1, 0.15) is 6.92 Å². The third kappa shape index (κ3) is 3.89. The Bertz CT molecular complexity index is 198. The lowest BCUT2D eigenvalue weighted by Gasteiger charge is -2.26. The second-order valence-corrected chi connectivity index (χ2v) is 3.14. The highest BCUT2D eigenvalue weighted by atomic mass is 16.5. The van der Waals surface area contributed by atoms with Crippen molar-refractivity contribution >= 4 is 6.21 Å². The molecular formula is C10H18N2O2. The largest absolute Gasteiger partial charge is 0.491 e. The molecule has 0 unspecified atom stereocenters. The fraction of sp³-hybridized carbons (Fsp3) is 0.700. The maximum Gasteiger partial charge on any atom is 0.132 e. The van der Waals surface area contributed by atoms with Crippen LogP contribution in [0.15, 0.2) is 11.8 Å². The maximum absolute atomic E-state index is 7.03. The lowest BCUT2D eigenvalue weighted by atomic mass is 10.4. The Balaban J connectivity index is 2.10. The third-order valence-corrected chi connectivity index (χ3v) is 2.21. The quantitative estimate of drug-likeness (QED) is 0.527. The molecule has 14 heavy (non-hydrogen) atoms. The molecule has 0 aromatic rings. The molecule has 4 heteroatoms. The highest BCUT2D eigenvalue weighted by Gasteiger charge is 2.09.